The van der Waals surface area contributed by atoms with E-state index in [0.717, 1.165) is 6.07 Å². The molecule has 104 valence electrons. The Labute approximate surface area is 114 Å². The maximum atomic E-state index is 11.8. The number of carboxylic acids is 1. The largest absolute Gasteiger partial charge is 0.508 e. The van der Waals surface area contributed by atoms with Gasteiger partial charge in [-0.05, 0) is 36.6 Å². The molecule has 0 heterocycles. The molecule has 4 N–H and O–H groups in total. The van der Waals surface area contributed by atoms with Crippen molar-refractivity contribution in [2.45, 2.75) is 12.5 Å². The number of phenols is 2. The molecule has 1 rings (SSSR count). The van der Waals surface area contributed by atoms with Crippen LogP contribution in [0.15, 0.2) is 18.2 Å². The van der Waals surface area contributed by atoms with E-state index in [4.69, 9.17) is 5.11 Å². The van der Waals surface area contributed by atoms with Crippen LogP contribution in [0, 0.1) is 0 Å². The minimum atomic E-state index is -1.14. The summed E-state index contributed by atoms with van der Waals surface area (Å²) in [5.41, 5.74) is -0.157. The summed E-state index contributed by atoms with van der Waals surface area (Å²) in [6, 6.07) is 2.45. The second-order valence-corrected chi connectivity index (χ2v) is 4.83. The molecular weight excluding hydrogens is 270 g/mol. The zero-order chi connectivity index (χ0) is 14.4. The number of hydrogen-bond donors (Lipinski definition) is 4. The Balaban J connectivity index is 2.81. The highest BCUT2D eigenvalue weighted by Gasteiger charge is 2.21. The number of benzene rings is 1. The van der Waals surface area contributed by atoms with Gasteiger partial charge in [-0.2, -0.15) is 11.8 Å². The van der Waals surface area contributed by atoms with E-state index in [-0.39, 0.29) is 23.5 Å². The molecular formula is C12H15NO5S. The zero-order valence-corrected chi connectivity index (χ0v) is 11.1. The molecule has 1 atom stereocenters. The second kappa shape index (κ2) is 6.89. The minimum Gasteiger partial charge on any atom is -0.508 e. The van der Waals surface area contributed by atoms with Crippen LogP contribution in [0.4, 0.5) is 0 Å². The average molecular weight is 285 g/mol. The fourth-order valence-electron chi connectivity index (χ4n) is 1.43. The molecule has 0 radical (unpaired) electrons. The molecule has 0 unspecified atom stereocenters. The summed E-state index contributed by atoms with van der Waals surface area (Å²) >= 11 is 1.47. The van der Waals surface area contributed by atoms with E-state index < -0.39 is 17.9 Å². The van der Waals surface area contributed by atoms with Crippen molar-refractivity contribution in [1.29, 1.82) is 0 Å². The SMILES string of the molecule is CSCC[C@@H](NC(=O)c1cc(O)ccc1O)C(=O)O. The minimum absolute atomic E-state index is 0.157. The summed E-state index contributed by atoms with van der Waals surface area (Å²) in [4.78, 5) is 22.8. The lowest BCUT2D eigenvalue weighted by Gasteiger charge is -2.14. The number of carboxylic acid groups (broad SMARTS) is 1. The second-order valence-electron chi connectivity index (χ2n) is 3.85. The highest BCUT2D eigenvalue weighted by molar-refractivity contribution is 7.98. The van der Waals surface area contributed by atoms with Gasteiger partial charge in [-0.15, -0.1) is 0 Å². The summed E-state index contributed by atoms with van der Waals surface area (Å²) in [6.07, 6.45) is 2.11. The molecule has 1 amide bonds. The summed E-state index contributed by atoms with van der Waals surface area (Å²) < 4.78 is 0. The number of phenolic OH excluding ortho intramolecular Hbond substituents is 2. The van der Waals surface area contributed by atoms with Gasteiger partial charge in [-0.3, -0.25) is 4.79 Å². The molecule has 7 heteroatoms. The normalized spacial score (nSPS) is 11.8. The number of rotatable bonds is 6. The Morgan fingerprint density at radius 1 is 1.37 bits per heavy atom. The van der Waals surface area contributed by atoms with Crippen molar-refractivity contribution in [3.8, 4) is 11.5 Å². The van der Waals surface area contributed by atoms with Gasteiger partial charge in [-0.25, -0.2) is 4.79 Å². The quantitative estimate of drug-likeness (QED) is 0.582. The van der Waals surface area contributed by atoms with Gasteiger partial charge in [0.1, 0.15) is 17.5 Å². The summed E-state index contributed by atoms with van der Waals surface area (Å²) in [5, 5.41) is 30.1. The van der Waals surface area contributed by atoms with Crippen LogP contribution >= 0.6 is 11.8 Å². The third-order valence-electron chi connectivity index (χ3n) is 2.44. The van der Waals surface area contributed by atoms with Gasteiger partial charge in [0, 0.05) is 0 Å². The van der Waals surface area contributed by atoms with E-state index in [0.29, 0.717) is 5.75 Å². The predicted molar refractivity (Wildman–Crippen MR) is 71.7 cm³/mol. The van der Waals surface area contributed by atoms with Crippen molar-refractivity contribution in [2.24, 2.45) is 0 Å². The number of carbonyl (C=O) groups is 2. The van der Waals surface area contributed by atoms with Gasteiger partial charge in [0.15, 0.2) is 0 Å². The van der Waals surface area contributed by atoms with Crippen LogP contribution in [0.1, 0.15) is 16.8 Å². The van der Waals surface area contributed by atoms with Crippen molar-refractivity contribution in [1.82, 2.24) is 5.32 Å². The Morgan fingerprint density at radius 2 is 2.05 bits per heavy atom. The first-order valence-electron chi connectivity index (χ1n) is 5.50. The smallest absolute Gasteiger partial charge is 0.326 e. The summed E-state index contributed by atoms with van der Waals surface area (Å²) in [5.74, 6) is -1.78. The number of thioether (sulfide) groups is 1. The number of aliphatic carboxylic acids is 1. The third-order valence-corrected chi connectivity index (χ3v) is 3.08. The first kappa shape index (κ1) is 15.2. The van der Waals surface area contributed by atoms with Crippen LogP contribution in [0.2, 0.25) is 0 Å². The molecule has 0 aromatic heterocycles. The third kappa shape index (κ3) is 4.36. The van der Waals surface area contributed by atoms with Crippen molar-refractivity contribution in [3.63, 3.8) is 0 Å². The first-order chi connectivity index (χ1) is 8.95. The van der Waals surface area contributed by atoms with E-state index in [1.54, 1.807) is 0 Å². The molecule has 0 spiro atoms. The van der Waals surface area contributed by atoms with Crippen LogP contribution in [-0.2, 0) is 4.79 Å². The van der Waals surface area contributed by atoms with Crippen molar-refractivity contribution in [3.05, 3.63) is 23.8 Å². The molecule has 0 aliphatic heterocycles. The predicted octanol–water partition coefficient (Wildman–Crippen LogP) is 1.03. The first-order valence-corrected chi connectivity index (χ1v) is 6.89. The number of aromatic hydroxyl groups is 2. The molecule has 0 bridgehead atoms. The van der Waals surface area contributed by atoms with Crippen LogP contribution in [0.25, 0.3) is 0 Å². The maximum absolute atomic E-state index is 11.8. The van der Waals surface area contributed by atoms with Gasteiger partial charge in [0.05, 0.1) is 5.56 Å². The highest BCUT2D eigenvalue weighted by atomic mass is 32.2. The van der Waals surface area contributed by atoms with Crippen molar-refractivity contribution < 1.29 is 24.9 Å². The summed E-state index contributed by atoms with van der Waals surface area (Å²) in [7, 11) is 0. The van der Waals surface area contributed by atoms with E-state index in [1.165, 1.54) is 23.9 Å². The molecule has 19 heavy (non-hydrogen) atoms. The van der Waals surface area contributed by atoms with Crippen LogP contribution in [0.3, 0.4) is 0 Å². The fraction of sp³-hybridized carbons (Fsp3) is 0.333. The standard InChI is InChI=1S/C12H15NO5S/c1-19-5-4-9(12(17)18)13-11(16)8-6-7(14)2-3-10(8)15/h2-3,6,9,14-15H,4-5H2,1H3,(H,13,16)(H,17,18)/t9-/m1/s1. The van der Waals surface area contributed by atoms with E-state index in [1.807, 2.05) is 6.26 Å². The molecule has 0 saturated carbocycles. The Bertz CT molecular complexity index is 477. The Hall–Kier alpha value is -1.89. The fourth-order valence-corrected chi connectivity index (χ4v) is 1.91. The Morgan fingerprint density at radius 3 is 2.63 bits per heavy atom. The molecule has 0 saturated heterocycles. The number of nitrogens with one attached hydrogen (secondary N) is 1. The zero-order valence-electron chi connectivity index (χ0n) is 10.3. The van der Waals surface area contributed by atoms with Crippen LogP contribution < -0.4 is 5.32 Å². The molecule has 0 aliphatic rings. The lowest BCUT2D eigenvalue weighted by molar-refractivity contribution is -0.139. The van der Waals surface area contributed by atoms with Gasteiger partial charge in [-0.1, -0.05) is 0 Å². The molecule has 1 aromatic carbocycles. The lowest BCUT2D eigenvalue weighted by atomic mass is 10.1. The van der Waals surface area contributed by atoms with E-state index in [2.05, 4.69) is 5.32 Å². The summed E-state index contributed by atoms with van der Waals surface area (Å²) in [6.45, 7) is 0. The van der Waals surface area contributed by atoms with Gasteiger partial charge < -0.3 is 20.6 Å². The molecule has 0 fully saturated rings. The molecule has 0 aliphatic carbocycles. The number of carbonyl (C=O) groups excluding carboxylic acids is 1. The van der Waals surface area contributed by atoms with Gasteiger partial charge in [0.25, 0.3) is 5.91 Å². The van der Waals surface area contributed by atoms with Crippen LogP contribution in [0.5, 0.6) is 11.5 Å². The van der Waals surface area contributed by atoms with Gasteiger partial charge >= 0.3 is 5.97 Å². The van der Waals surface area contributed by atoms with Crippen molar-refractivity contribution in [2.75, 3.05) is 12.0 Å². The van der Waals surface area contributed by atoms with Gasteiger partial charge in [0.2, 0.25) is 0 Å². The van der Waals surface area contributed by atoms with Crippen molar-refractivity contribution >= 4 is 23.6 Å². The topological polar surface area (TPSA) is 107 Å². The average Bonchev–Trinajstić information content (AvgIpc) is 2.36. The van der Waals surface area contributed by atoms with E-state index >= 15 is 0 Å². The van der Waals surface area contributed by atoms with E-state index in [9.17, 15) is 19.8 Å². The monoisotopic (exact) mass is 285 g/mol. The maximum Gasteiger partial charge on any atom is 0.326 e. The van der Waals surface area contributed by atoms with Crippen LogP contribution in [-0.4, -0.2) is 45.2 Å². The molecule has 1 aromatic rings. The highest BCUT2D eigenvalue weighted by Crippen LogP contribution is 2.22. The lowest BCUT2D eigenvalue weighted by Crippen LogP contribution is -2.41. The number of amides is 1. The molecule has 6 nitrogen and oxygen atoms in total. The Kier molecular flexibility index (Phi) is 5.50. The number of hydrogen-bond acceptors (Lipinski definition) is 5.